The SMILES string of the molecule is COCCNC(=O)CNC(=O)Cn1c(=O)c2c(ncn2C)n(C)c1=O. The fraction of sp³-hybridized carbons (Fsp3) is 0.500. The van der Waals surface area contributed by atoms with Crippen molar-refractivity contribution in [1.82, 2.24) is 29.3 Å². The van der Waals surface area contributed by atoms with Crippen molar-refractivity contribution >= 4 is 23.0 Å². The maximum atomic E-state index is 12.4. The highest BCUT2D eigenvalue weighted by Gasteiger charge is 2.17. The van der Waals surface area contributed by atoms with Crippen molar-refractivity contribution < 1.29 is 14.3 Å². The van der Waals surface area contributed by atoms with E-state index in [0.29, 0.717) is 13.2 Å². The average Bonchev–Trinajstić information content (AvgIpc) is 2.97. The predicted octanol–water partition coefficient (Wildman–Crippen LogP) is -2.69. The third-order valence-electron chi connectivity index (χ3n) is 3.58. The lowest BCUT2D eigenvalue weighted by Gasteiger charge is -2.09. The number of hydrogen-bond donors (Lipinski definition) is 2. The summed E-state index contributed by atoms with van der Waals surface area (Å²) in [6, 6.07) is 0. The van der Waals surface area contributed by atoms with Gasteiger partial charge in [-0.1, -0.05) is 0 Å². The number of fused-ring (bicyclic) bond motifs is 1. The molecule has 2 N–H and O–H groups in total. The van der Waals surface area contributed by atoms with Crippen molar-refractivity contribution in [2.45, 2.75) is 6.54 Å². The van der Waals surface area contributed by atoms with Gasteiger partial charge >= 0.3 is 5.69 Å². The summed E-state index contributed by atoms with van der Waals surface area (Å²) in [4.78, 5) is 52.2. The fourth-order valence-electron chi connectivity index (χ4n) is 2.27. The van der Waals surface area contributed by atoms with Gasteiger partial charge in [0.15, 0.2) is 11.2 Å². The molecule has 25 heavy (non-hydrogen) atoms. The summed E-state index contributed by atoms with van der Waals surface area (Å²) >= 11 is 0. The van der Waals surface area contributed by atoms with Gasteiger partial charge in [-0.3, -0.25) is 19.0 Å². The van der Waals surface area contributed by atoms with E-state index >= 15 is 0 Å². The van der Waals surface area contributed by atoms with Crippen molar-refractivity contribution in [2.24, 2.45) is 14.1 Å². The third kappa shape index (κ3) is 3.94. The normalized spacial score (nSPS) is 10.8. The van der Waals surface area contributed by atoms with Crippen molar-refractivity contribution in [3.8, 4) is 0 Å². The number of carbonyl (C=O) groups is 2. The first-order valence-corrected chi connectivity index (χ1v) is 7.50. The number of aromatic nitrogens is 4. The molecule has 2 aromatic heterocycles. The molecule has 0 saturated carbocycles. The molecule has 0 aliphatic rings. The molecule has 0 aliphatic heterocycles. The largest absolute Gasteiger partial charge is 0.383 e. The molecule has 0 bridgehead atoms. The molecule has 0 aromatic carbocycles. The van der Waals surface area contributed by atoms with Crippen molar-refractivity contribution in [3.05, 3.63) is 27.2 Å². The number of rotatable bonds is 7. The van der Waals surface area contributed by atoms with Gasteiger partial charge in [-0.05, 0) is 0 Å². The lowest BCUT2D eigenvalue weighted by Crippen LogP contribution is -2.45. The van der Waals surface area contributed by atoms with Crippen LogP contribution in [0, 0.1) is 0 Å². The van der Waals surface area contributed by atoms with Crippen LogP contribution in [-0.2, 0) is 35.0 Å². The number of imidazole rings is 1. The summed E-state index contributed by atoms with van der Waals surface area (Å²) in [5.41, 5.74) is -0.812. The highest BCUT2D eigenvalue weighted by molar-refractivity contribution is 5.84. The van der Waals surface area contributed by atoms with Gasteiger partial charge in [0.2, 0.25) is 11.8 Å². The molecule has 0 fully saturated rings. The fourth-order valence-corrected chi connectivity index (χ4v) is 2.27. The second-order valence-corrected chi connectivity index (χ2v) is 5.38. The van der Waals surface area contributed by atoms with Gasteiger partial charge in [0.05, 0.1) is 19.5 Å². The Balaban J connectivity index is 2.11. The molecule has 0 saturated heterocycles. The molecule has 2 rings (SSSR count). The number of carbonyl (C=O) groups excluding carboxylic acids is 2. The van der Waals surface area contributed by atoms with E-state index in [1.54, 1.807) is 7.05 Å². The summed E-state index contributed by atoms with van der Waals surface area (Å²) < 4.78 is 8.27. The number of methoxy groups -OCH3 is 1. The number of nitrogens with zero attached hydrogens (tertiary/aromatic N) is 4. The van der Waals surface area contributed by atoms with Gasteiger partial charge in [-0.15, -0.1) is 0 Å². The van der Waals surface area contributed by atoms with E-state index in [-0.39, 0.29) is 17.7 Å². The van der Waals surface area contributed by atoms with E-state index in [2.05, 4.69) is 15.6 Å². The van der Waals surface area contributed by atoms with Gasteiger partial charge in [0.25, 0.3) is 5.56 Å². The zero-order valence-electron chi connectivity index (χ0n) is 14.2. The molecule has 2 heterocycles. The van der Waals surface area contributed by atoms with Gasteiger partial charge in [0.1, 0.15) is 6.54 Å². The Morgan fingerprint density at radius 1 is 1.20 bits per heavy atom. The van der Waals surface area contributed by atoms with Crippen LogP contribution in [-0.4, -0.2) is 57.3 Å². The molecule has 0 spiro atoms. The first-order valence-electron chi connectivity index (χ1n) is 7.50. The quantitative estimate of drug-likeness (QED) is 0.522. The van der Waals surface area contributed by atoms with E-state index in [9.17, 15) is 19.2 Å². The molecule has 0 radical (unpaired) electrons. The second kappa shape index (κ2) is 7.75. The Bertz CT molecular complexity index is 909. The molecular weight excluding hydrogens is 332 g/mol. The summed E-state index contributed by atoms with van der Waals surface area (Å²) in [6.07, 6.45) is 1.42. The van der Waals surface area contributed by atoms with Crippen LogP contribution in [0.3, 0.4) is 0 Å². The molecule has 0 aliphatic carbocycles. The highest BCUT2D eigenvalue weighted by atomic mass is 16.5. The van der Waals surface area contributed by atoms with Gasteiger partial charge in [-0.2, -0.15) is 0 Å². The van der Waals surface area contributed by atoms with Gasteiger partial charge < -0.3 is 19.9 Å². The van der Waals surface area contributed by atoms with Crippen molar-refractivity contribution in [2.75, 3.05) is 26.8 Å². The van der Waals surface area contributed by atoms with Crippen molar-refractivity contribution in [3.63, 3.8) is 0 Å². The molecule has 11 heteroatoms. The molecule has 0 unspecified atom stereocenters. The van der Waals surface area contributed by atoms with Crippen LogP contribution >= 0.6 is 0 Å². The van der Waals surface area contributed by atoms with Crippen LogP contribution in [0.4, 0.5) is 0 Å². The van der Waals surface area contributed by atoms with Crippen LogP contribution in [0.15, 0.2) is 15.9 Å². The van der Waals surface area contributed by atoms with Crippen LogP contribution in [0.5, 0.6) is 0 Å². The molecule has 0 atom stereocenters. The van der Waals surface area contributed by atoms with Gasteiger partial charge in [0, 0.05) is 27.7 Å². The standard InChI is InChI=1S/C14H20N6O5/c1-18-8-17-12-11(18)13(23)20(14(24)19(12)2)7-10(22)16-6-9(21)15-4-5-25-3/h8H,4-7H2,1-3H3,(H,15,21)(H,16,22). The molecule has 11 nitrogen and oxygen atoms in total. The minimum absolute atomic E-state index is 0.215. The smallest absolute Gasteiger partial charge is 0.332 e. The molecule has 136 valence electrons. The van der Waals surface area contributed by atoms with E-state index in [4.69, 9.17) is 4.74 Å². The highest BCUT2D eigenvalue weighted by Crippen LogP contribution is 2.02. The van der Waals surface area contributed by atoms with E-state index in [1.807, 2.05) is 0 Å². The summed E-state index contributed by atoms with van der Waals surface area (Å²) in [6.45, 7) is -0.0677. The number of aryl methyl sites for hydroxylation is 2. The first-order chi connectivity index (χ1) is 11.9. The minimum atomic E-state index is -0.657. The predicted molar refractivity (Wildman–Crippen MR) is 88.1 cm³/mol. The number of amides is 2. The summed E-state index contributed by atoms with van der Waals surface area (Å²) in [7, 11) is 4.59. The molecule has 2 aromatic rings. The topological polar surface area (TPSA) is 129 Å². The Morgan fingerprint density at radius 2 is 1.92 bits per heavy atom. The minimum Gasteiger partial charge on any atom is -0.383 e. The summed E-state index contributed by atoms with van der Waals surface area (Å²) in [5.74, 6) is -1.02. The lowest BCUT2D eigenvalue weighted by atomic mass is 10.4. The lowest BCUT2D eigenvalue weighted by molar-refractivity contribution is -0.126. The molecule has 2 amide bonds. The van der Waals surface area contributed by atoms with Crippen LogP contribution in [0.25, 0.3) is 11.2 Å². The average molecular weight is 352 g/mol. The zero-order chi connectivity index (χ0) is 18.6. The van der Waals surface area contributed by atoms with Crippen LogP contribution in [0.1, 0.15) is 0 Å². The van der Waals surface area contributed by atoms with Crippen LogP contribution in [0.2, 0.25) is 0 Å². The number of nitrogens with one attached hydrogen (secondary N) is 2. The third-order valence-corrected chi connectivity index (χ3v) is 3.58. The second-order valence-electron chi connectivity index (χ2n) is 5.38. The Labute approximate surface area is 142 Å². The van der Waals surface area contributed by atoms with Crippen LogP contribution < -0.4 is 21.9 Å². The molecular formula is C14H20N6O5. The first kappa shape index (κ1) is 18.4. The number of hydrogen-bond acceptors (Lipinski definition) is 6. The Kier molecular flexibility index (Phi) is 5.70. The van der Waals surface area contributed by atoms with Crippen molar-refractivity contribution in [1.29, 1.82) is 0 Å². The maximum Gasteiger partial charge on any atom is 0.332 e. The van der Waals surface area contributed by atoms with E-state index in [1.165, 1.54) is 29.6 Å². The Morgan fingerprint density at radius 3 is 2.60 bits per heavy atom. The summed E-state index contributed by atoms with van der Waals surface area (Å²) in [5, 5.41) is 4.90. The Hall–Kier alpha value is -2.95. The van der Waals surface area contributed by atoms with E-state index in [0.717, 1.165) is 4.57 Å². The van der Waals surface area contributed by atoms with E-state index < -0.39 is 29.6 Å². The maximum absolute atomic E-state index is 12.4. The number of ether oxygens (including phenoxy) is 1. The van der Waals surface area contributed by atoms with Gasteiger partial charge in [-0.25, -0.2) is 14.3 Å². The monoisotopic (exact) mass is 352 g/mol. The zero-order valence-corrected chi connectivity index (χ0v) is 14.2.